The van der Waals surface area contributed by atoms with Crippen LogP contribution in [0, 0.1) is 11.3 Å². The summed E-state index contributed by atoms with van der Waals surface area (Å²) in [5, 5.41) is 9.73. The summed E-state index contributed by atoms with van der Waals surface area (Å²) in [5.74, 6) is 0.0251. The summed E-state index contributed by atoms with van der Waals surface area (Å²) in [4.78, 5) is 32.1. The molecule has 0 spiro atoms. The molecule has 1 heterocycles. The minimum atomic E-state index is -0.247. The van der Waals surface area contributed by atoms with E-state index in [0.717, 1.165) is 10.0 Å². The van der Waals surface area contributed by atoms with Gasteiger partial charge in [-0.3, -0.25) is 14.2 Å². The Hall–Kier alpha value is -2.63. The van der Waals surface area contributed by atoms with Gasteiger partial charge in [0.1, 0.15) is 0 Å². The Bertz CT molecular complexity index is 1160. The Morgan fingerprint density at radius 1 is 1.30 bits per heavy atom. The van der Waals surface area contributed by atoms with Crippen molar-refractivity contribution in [3.8, 4) is 6.07 Å². The molecular weight excluding hydrogens is 464 g/mol. The van der Waals surface area contributed by atoms with E-state index < -0.39 is 0 Å². The van der Waals surface area contributed by atoms with Gasteiger partial charge in [-0.15, -0.1) is 0 Å². The molecule has 0 radical (unpaired) electrons. The summed E-state index contributed by atoms with van der Waals surface area (Å²) in [5.41, 5.74) is 1.42. The van der Waals surface area contributed by atoms with Crippen molar-refractivity contribution in [3.05, 3.63) is 68.9 Å². The maximum Gasteiger partial charge on any atom is 0.262 e. The van der Waals surface area contributed by atoms with Gasteiger partial charge in [0.25, 0.3) is 5.56 Å². The first kappa shape index (κ1) is 22.1. The number of aromatic nitrogens is 2. The number of thioether (sulfide) groups is 1. The van der Waals surface area contributed by atoms with E-state index in [-0.39, 0.29) is 29.7 Å². The van der Waals surface area contributed by atoms with Crippen molar-refractivity contribution in [1.29, 1.82) is 5.26 Å². The van der Waals surface area contributed by atoms with Crippen molar-refractivity contribution in [3.63, 3.8) is 0 Å². The minimum absolute atomic E-state index is 0.112. The summed E-state index contributed by atoms with van der Waals surface area (Å²) in [6.45, 7) is 2.33. The number of halogens is 1. The van der Waals surface area contributed by atoms with Crippen LogP contribution in [0.5, 0.6) is 0 Å². The van der Waals surface area contributed by atoms with Gasteiger partial charge >= 0.3 is 0 Å². The van der Waals surface area contributed by atoms with Crippen LogP contribution < -0.4 is 5.56 Å². The number of benzene rings is 2. The highest BCUT2D eigenvalue weighted by atomic mass is 79.9. The smallest absolute Gasteiger partial charge is 0.262 e. The van der Waals surface area contributed by atoms with Crippen molar-refractivity contribution in [2.75, 3.05) is 19.3 Å². The molecule has 6 nitrogen and oxygen atoms in total. The number of amides is 1. The SMILES string of the molecule is CC(c1ccccc1)n1c(SCC(=O)N(C)CCC#N)nc2ccc(Br)cc2c1=O. The van der Waals surface area contributed by atoms with E-state index in [4.69, 9.17) is 10.2 Å². The van der Waals surface area contributed by atoms with E-state index in [1.807, 2.05) is 49.4 Å². The van der Waals surface area contributed by atoms with E-state index >= 15 is 0 Å². The van der Waals surface area contributed by atoms with E-state index in [0.29, 0.717) is 22.6 Å². The fourth-order valence-electron chi connectivity index (χ4n) is 3.05. The van der Waals surface area contributed by atoms with E-state index in [1.165, 1.54) is 16.7 Å². The van der Waals surface area contributed by atoms with Crippen LogP contribution in [0.4, 0.5) is 0 Å². The molecule has 0 N–H and O–H groups in total. The van der Waals surface area contributed by atoms with Crippen LogP contribution >= 0.6 is 27.7 Å². The van der Waals surface area contributed by atoms with Crippen LogP contribution in [0.3, 0.4) is 0 Å². The van der Waals surface area contributed by atoms with Gasteiger partial charge in [0, 0.05) is 18.1 Å². The summed E-state index contributed by atoms with van der Waals surface area (Å²) < 4.78 is 2.46. The second kappa shape index (κ2) is 9.92. The molecule has 8 heteroatoms. The number of rotatable bonds is 7. The Kier molecular flexibility index (Phi) is 7.29. The first-order chi connectivity index (χ1) is 14.4. The topological polar surface area (TPSA) is 79.0 Å². The largest absolute Gasteiger partial charge is 0.344 e. The molecule has 0 aliphatic rings. The number of carbonyl (C=O) groups is 1. The van der Waals surface area contributed by atoms with E-state index in [2.05, 4.69) is 15.9 Å². The summed E-state index contributed by atoms with van der Waals surface area (Å²) in [6.07, 6.45) is 0.283. The Labute approximate surface area is 187 Å². The molecule has 1 unspecified atom stereocenters. The summed E-state index contributed by atoms with van der Waals surface area (Å²) in [7, 11) is 1.67. The maximum absolute atomic E-state index is 13.4. The standard InChI is InChI=1S/C22H21BrN4O2S/c1-15(16-7-4-3-5-8-16)27-21(29)18-13-17(23)9-10-19(18)25-22(27)30-14-20(28)26(2)12-6-11-24/h3-5,7-10,13,15H,6,12,14H2,1-2H3. The molecule has 0 saturated heterocycles. The predicted octanol–water partition coefficient (Wildman–Crippen LogP) is 4.23. The molecule has 154 valence electrons. The van der Waals surface area contributed by atoms with Gasteiger partial charge in [0.2, 0.25) is 5.91 Å². The lowest BCUT2D eigenvalue weighted by molar-refractivity contribution is -0.127. The van der Waals surface area contributed by atoms with Crippen LogP contribution in [0.2, 0.25) is 0 Å². The average Bonchev–Trinajstić information content (AvgIpc) is 2.76. The monoisotopic (exact) mass is 484 g/mol. The second-order valence-corrected chi connectivity index (χ2v) is 8.69. The van der Waals surface area contributed by atoms with Crippen molar-refractivity contribution in [2.45, 2.75) is 24.5 Å². The van der Waals surface area contributed by atoms with Crippen molar-refractivity contribution < 1.29 is 4.79 Å². The fraction of sp³-hybridized carbons (Fsp3) is 0.273. The maximum atomic E-state index is 13.4. The minimum Gasteiger partial charge on any atom is -0.344 e. The molecule has 3 rings (SSSR count). The molecule has 3 aromatic rings. The average molecular weight is 485 g/mol. The number of hydrogen-bond acceptors (Lipinski definition) is 5. The summed E-state index contributed by atoms with van der Waals surface area (Å²) >= 11 is 4.66. The number of carbonyl (C=O) groups excluding carboxylic acids is 1. The summed E-state index contributed by atoms with van der Waals surface area (Å²) in [6, 6.07) is 16.9. The van der Waals surface area contributed by atoms with Gasteiger partial charge in [-0.25, -0.2) is 4.98 Å². The van der Waals surface area contributed by atoms with E-state index in [9.17, 15) is 9.59 Å². The Morgan fingerprint density at radius 3 is 2.73 bits per heavy atom. The van der Waals surface area contributed by atoms with Gasteiger partial charge in [0.15, 0.2) is 5.16 Å². The second-order valence-electron chi connectivity index (χ2n) is 6.83. The highest BCUT2D eigenvalue weighted by molar-refractivity contribution is 9.10. The zero-order valence-electron chi connectivity index (χ0n) is 16.7. The Morgan fingerprint density at radius 2 is 2.03 bits per heavy atom. The molecule has 1 aromatic heterocycles. The lowest BCUT2D eigenvalue weighted by atomic mass is 10.1. The van der Waals surface area contributed by atoms with Gasteiger partial charge in [-0.2, -0.15) is 5.26 Å². The van der Waals surface area contributed by atoms with E-state index in [1.54, 1.807) is 23.7 Å². The Balaban J connectivity index is 2.01. The van der Waals surface area contributed by atoms with Crippen LogP contribution in [-0.2, 0) is 4.79 Å². The van der Waals surface area contributed by atoms with Crippen LogP contribution in [0.15, 0.2) is 63.0 Å². The number of fused-ring (bicyclic) bond motifs is 1. The molecule has 30 heavy (non-hydrogen) atoms. The van der Waals surface area contributed by atoms with Crippen molar-refractivity contribution in [1.82, 2.24) is 14.5 Å². The third-order valence-electron chi connectivity index (χ3n) is 4.81. The number of hydrogen-bond donors (Lipinski definition) is 0. The molecule has 0 saturated carbocycles. The lowest BCUT2D eigenvalue weighted by Gasteiger charge is -2.21. The van der Waals surface area contributed by atoms with Crippen LogP contribution in [0.25, 0.3) is 10.9 Å². The zero-order valence-corrected chi connectivity index (χ0v) is 19.1. The molecule has 0 fully saturated rings. The third kappa shape index (κ3) is 4.91. The van der Waals surface area contributed by atoms with Crippen LogP contribution in [-0.4, -0.2) is 39.7 Å². The van der Waals surface area contributed by atoms with Gasteiger partial charge in [-0.1, -0.05) is 58.0 Å². The molecule has 0 aliphatic heterocycles. The molecule has 1 atom stereocenters. The lowest BCUT2D eigenvalue weighted by Crippen LogP contribution is -2.30. The van der Waals surface area contributed by atoms with Gasteiger partial charge in [0.05, 0.1) is 35.2 Å². The van der Waals surface area contributed by atoms with Crippen molar-refractivity contribution in [2.24, 2.45) is 0 Å². The highest BCUT2D eigenvalue weighted by Gasteiger charge is 2.20. The third-order valence-corrected chi connectivity index (χ3v) is 6.24. The number of nitriles is 1. The van der Waals surface area contributed by atoms with Gasteiger partial charge < -0.3 is 4.90 Å². The van der Waals surface area contributed by atoms with Crippen molar-refractivity contribution >= 4 is 44.5 Å². The quantitative estimate of drug-likeness (QED) is 0.370. The van der Waals surface area contributed by atoms with Crippen LogP contribution in [0.1, 0.15) is 24.9 Å². The van der Waals surface area contributed by atoms with Gasteiger partial charge in [-0.05, 0) is 30.7 Å². The first-order valence-corrected chi connectivity index (χ1v) is 11.2. The predicted molar refractivity (Wildman–Crippen MR) is 123 cm³/mol. The molecule has 2 aromatic carbocycles. The molecule has 0 aliphatic carbocycles. The molecule has 0 bridgehead atoms. The highest BCUT2D eigenvalue weighted by Crippen LogP contribution is 2.26. The molecule has 1 amide bonds. The molecular formula is C22H21BrN4O2S. The normalized spacial score (nSPS) is 11.8. The number of nitrogens with zero attached hydrogens (tertiary/aromatic N) is 4. The fourth-order valence-corrected chi connectivity index (χ4v) is 4.43. The first-order valence-electron chi connectivity index (χ1n) is 9.43. The zero-order chi connectivity index (χ0) is 21.7.